The first-order valence-corrected chi connectivity index (χ1v) is 6.96. The lowest BCUT2D eigenvalue weighted by atomic mass is 10.3. The molecular formula is C11H19N3OS. The van der Waals surface area contributed by atoms with Crippen LogP contribution in [-0.4, -0.2) is 22.4 Å². The van der Waals surface area contributed by atoms with Crippen LogP contribution in [0.4, 0.5) is 0 Å². The molecule has 1 aromatic heterocycles. The number of thioether (sulfide) groups is 1. The van der Waals surface area contributed by atoms with Gasteiger partial charge in [-0.2, -0.15) is 16.7 Å². The van der Waals surface area contributed by atoms with E-state index in [1.54, 1.807) is 0 Å². The molecule has 1 unspecified atom stereocenters. The zero-order valence-electron chi connectivity index (χ0n) is 9.90. The second kappa shape index (κ2) is 5.68. The molecule has 90 valence electrons. The first-order chi connectivity index (χ1) is 7.79. The van der Waals surface area contributed by atoms with Gasteiger partial charge in [-0.3, -0.25) is 0 Å². The molecule has 0 aromatic carbocycles. The van der Waals surface area contributed by atoms with Gasteiger partial charge in [-0.15, -0.1) is 0 Å². The van der Waals surface area contributed by atoms with Crippen LogP contribution in [0.3, 0.4) is 0 Å². The van der Waals surface area contributed by atoms with Crippen LogP contribution in [0, 0.1) is 0 Å². The fourth-order valence-corrected chi connectivity index (χ4v) is 3.04. The average molecular weight is 241 g/mol. The molecule has 0 aliphatic heterocycles. The minimum absolute atomic E-state index is 0.137. The van der Waals surface area contributed by atoms with E-state index >= 15 is 0 Å². The molecule has 2 rings (SSSR count). The van der Waals surface area contributed by atoms with Gasteiger partial charge in [0.1, 0.15) is 0 Å². The highest BCUT2D eigenvalue weighted by atomic mass is 32.2. The number of aromatic nitrogens is 2. The number of nitrogens with one attached hydrogen (secondary N) is 1. The van der Waals surface area contributed by atoms with Crippen LogP contribution in [0.1, 0.15) is 50.4 Å². The van der Waals surface area contributed by atoms with Crippen LogP contribution in [0.2, 0.25) is 0 Å². The molecule has 0 bridgehead atoms. The number of hydrogen-bond donors (Lipinski definition) is 1. The van der Waals surface area contributed by atoms with Crippen molar-refractivity contribution in [3.8, 4) is 0 Å². The highest BCUT2D eigenvalue weighted by molar-refractivity contribution is 7.99. The fraction of sp³-hybridized carbons (Fsp3) is 0.818. The van der Waals surface area contributed by atoms with Crippen LogP contribution in [-0.2, 0) is 5.75 Å². The van der Waals surface area contributed by atoms with Gasteiger partial charge >= 0.3 is 0 Å². The van der Waals surface area contributed by atoms with Gasteiger partial charge in [-0.05, 0) is 26.8 Å². The van der Waals surface area contributed by atoms with Crippen LogP contribution >= 0.6 is 11.8 Å². The standard InChI is InChI=1S/C11H19N3OS/c1-8(12-2)11-13-10(14-15-11)7-16-9-5-3-4-6-9/h8-9,12H,3-7H2,1-2H3. The summed E-state index contributed by atoms with van der Waals surface area (Å²) in [5, 5.41) is 7.90. The Kier molecular flexibility index (Phi) is 4.23. The summed E-state index contributed by atoms with van der Waals surface area (Å²) in [5.41, 5.74) is 0. The lowest BCUT2D eigenvalue weighted by molar-refractivity contribution is 0.344. The zero-order chi connectivity index (χ0) is 11.4. The van der Waals surface area contributed by atoms with E-state index in [0.717, 1.165) is 16.8 Å². The molecule has 16 heavy (non-hydrogen) atoms. The number of hydrogen-bond acceptors (Lipinski definition) is 5. The van der Waals surface area contributed by atoms with Gasteiger partial charge in [0.05, 0.1) is 11.8 Å². The zero-order valence-corrected chi connectivity index (χ0v) is 10.7. The van der Waals surface area contributed by atoms with Gasteiger partial charge in [0.25, 0.3) is 0 Å². The Morgan fingerprint density at radius 1 is 1.50 bits per heavy atom. The van der Waals surface area contributed by atoms with Gasteiger partial charge in [-0.25, -0.2) is 0 Å². The summed E-state index contributed by atoms with van der Waals surface area (Å²) in [6.45, 7) is 2.02. The SMILES string of the molecule is CNC(C)c1nc(CSC2CCCC2)no1. The molecule has 0 amide bonds. The van der Waals surface area contributed by atoms with Crippen LogP contribution in [0.25, 0.3) is 0 Å². The van der Waals surface area contributed by atoms with E-state index in [9.17, 15) is 0 Å². The topological polar surface area (TPSA) is 51.0 Å². The van der Waals surface area contributed by atoms with Crippen molar-refractivity contribution in [3.63, 3.8) is 0 Å². The molecule has 1 N–H and O–H groups in total. The molecule has 4 nitrogen and oxygen atoms in total. The van der Waals surface area contributed by atoms with E-state index in [1.807, 2.05) is 25.7 Å². The molecule has 1 fully saturated rings. The molecule has 1 atom stereocenters. The van der Waals surface area contributed by atoms with E-state index in [1.165, 1.54) is 25.7 Å². The molecule has 0 radical (unpaired) electrons. The van der Waals surface area contributed by atoms with Crippen molar-refractivity contribution < 1.29 is 4.52 Å². The third-order valence-electron chi connectivity index (χ3n) is 3.04. The summed E-state index contributed by atoms with van der Waals surface area (Å²) >= 11 is 1.96. The smallest absolute Gasteiger partial charge is 0.243 e. The predicted molar refractivity (Wildman–Crippen MR) is 65.3 cm³/mol. The van der Waals surface area contributed by atoms with Crippen LogP contribution < -0.4 is 5.32 Å². The van der Waals surface area contributed by atoms with E-state index in [0.29, 0.717) is 5.89 Å². The maximum atomic E-state index is 5.20. The summed E-state index contributed by atoms with van der Waals surface area (Å²) in [5.74, 6) is 2.39. The molecule has 1 aliphatic carbocycles. The highest BCUT2D eigenvalue weighted by Gasteiger charge is 2.17. The summed E-state index contributed by atoms with van der Waals surface area (Å²) in [7, 11) is 1.89. The summed E-state index contributed by atoms with van der Waals surface area (Å²) in [6.07, 6.45) is 5.46. The van der Waals surface area contributed by atoms with E-state index in [-0.39, 0.29) is 6.04 Å². The van der Waals surface area contributed by atoms with Crippen molar-refractivity contribution in [2.24, 2.45) is 0 Å². The predicted octanol–water partition coefficient (Wildman–Crippen LogP) is 2.53. The normalized spacial score (nSPS) is 19.1. The Labute approximate surface area is 101 Å². The third-order valence-corrected chi connectivity index (χ3v) is 4.41. The monoisotopic (exact) mass is 241 g/mol. The Hall–Kier alpha value is -0.550. The highest BCUT2D eigenvalue weighted by Crippen LogP contribution is 2.31. The van der Waals surface area contributed by atoms with Crippen molar-refractivity contribution in [1.82, 2.24) is 15.5 Å². The quantitative estimate of drug-likeness (QED) is 0.858. The van der Waals surface area contributed by atoms with Crippen LogP contribution in [0.15, 0.2) is 4.52 Å². The Morgan fingerprint density at radius 3 is 2.94 bits per heavy atom. The van der Waals surface area contributed by atoms with Crippen molar-refractivity contribution >= 4 is 11.8 Å². The van der Waals surface area contributed by atoms with Gasteiger partial charge in [0.15, 0.2) is 5.82 Å². The van der Waals surface area contributed by atoms with Crippen molar-refractivity contribution in [3.05, 3.63) is 11.7 Å². The Balaban J connectivity index is 1.82. The summed E-state index contributed by atoms with van der Waals surface area (Å²) < 4.78 is 5.20. The van der Waals surface area contributed by atoms with E-state index < -0.39 is 0 Å². The minimum atomic E-state index is 0.137. The Bertz CT molecular complexity index is 323. The first-order valence-electron chi connectivity index (χ1n) is 5.91. The molecule has 0 spiro atoms. The van der Waals surface area contributed by atoms with E-state index in [4.69, 9.17) is 4.52 Å². The summed E-state index contributed by atoms with van der Waals surface area (Å²) in [4.78, 5) is 4.38. The minimum Gasteiger partial charge on any atom is -0.338 e. The lowest BCUT2D eigenvalue weighted by Gasteiger charge is -2.05. The van der Waals surface area contributed by atoms with Crippen molar-refractivity contribution in [1.29, 1.82) is 0 Å². The lowest BCUT2D eigenvalue weighted by Crippen LogP contribution is -2.12. The molecule has 1 aromatic rings. The molecular weight excluding hydrogens is 222 g/mol. The largest absolute Gasteiger partial charge is 0.338 e. The first kappa shape index (κ1) is 11.9. The fourth-order valence-electron chi connectivity index (χ4n) is 1.87. The summed E-state index contributed by atoms with van der Waals surface area (Å²) in [6, 6.07) is 0.137. The average Bonchev–Trinajstić information content (AvgIpc) is 2.96. The molecule has 5 heteroatoms. The molecule has 1 saturated carbocycles. The maximum absolute atomic E-state index is 5.20. The van der Waals surface area contributed by atoms with Gasteiger partial charge < -0.3 is 9.84 Å². The molecule has 1 heterocycles. The van der Waals surface area contributed by atoms with Crippen molar-refractivity contribution in [2.75, 3.05) is 7.05 Å². The molecule has 0 saturated heterocycles. The molecule has 1 aliphatic rings. The van der Waals surface area contributed by atoms with Crippen LogP contribution in [0.5, 0.6) is 0 Å². The number of rotatable bonds is 5. The second-order valence-electron chi connectivity index (χ2n) is 4.28. The van der Waals surface area contributed by atoms with Gasteiger partial charge in [-0.1, -0.05) is 18.0 Å². The second-order valence-corrected chi connectivity index (χ2v) is 5.57. The van der Waals surface area contributed by atoms with Gasteiger partial charge in [0.2, 0.25) is 5.89 Å². The van der Waals surface area contributed by atoms with Crippen molar-refractivity contribution in [2.45, 2.75) is 49.7 Å². The number of nitrogens with zero attached hydrogens (tertiary/aromatic N) is 2. The van der Waals surface area contributed by atoms with E-state index in [2.05, 4.69) is 15.5 Å². The third kappa shape index (κ3) is 2.98. The Morgan fingerprint density at radius 2 is 2.25 bits per heavy atom. The van der Waals surface area contributed by atoms with Gasteiger partial charge in [0, 0.05) is 5.25 Å². The maximum Gasteiger partial charge on any atom is 0.243 e.